The van der Waals surface area contributed by atoms with Crippen LogP contribution in [0.3, 0.4) is 0 Å². The van der Waals surface area contributed by atoms with Gasteiger partial charge in [0, 0.05) is 18.8 Å². The molecule has 0 bridgehead atoms. The molecule has 0 saturated heterocycles. The molecule has 1 heterocycles. The van der Waals surface area contributed by atoms with Crippen LogP contribution in [0, 0.1) is 0 Å². The van der Waals surface area contributed by atoms with E-state index in [0.717, 1.165) is 18.5 Å². The Morgan fingerprint density at radius 2 is 2.05 bits per heavy atom. The summed E-state index contributed by atoms with van der Waals surface area (Å²) >= 11 is 0. The zero-order valence-corrected chi connectivity index (χ0v) is 12.2. The van der Waals surface area contributed by atoms with E-state index >= 15 is 0 Å². The second-order valence-corrected chi connectivity index (χ2v) is 5.04. The van der Waals surface area contributed by atoms with Crippen molar-refractivity contribution in [2.24, 2.45) is 0 Å². The molecule has 0 spiro atoms. The number of rotatable bonds is 7. The van der Waals surface area contributed by atoms with Crippen LogP contribution in [-0.2, 0) is 6.54 Å². The number of pyridine rings is 1. The van der Waals surface area contributed by atoms with Crippen molar-refractivity contribution in [1.29, 1.82) is 0 Å². The first kappa shape index (κ1) is 16.8. The number of alkyl halides is 3. The normalized spacial score (nSPS) is 11.9. The summed E-state index contributed by atoms with van der Waals surface area (Å²) in [5, 5.41) is 3.23. The zero-order chi connectivity index (χ0) is 15.2. The van der Waals surface area contributed by atoms with E-state index < -0.39 is 12.7 Å². The van der Waals surface area contributed by atoms with E-state index in [4.69, 9.17) is 0 Å². The van der Waals surface area contributed by atoms with Gasteiger partial charge in [-0.1, -0.05) is 6.92 Å². The monoisotopic (exact) mass is 289 g/mol. The van der Waals surface area contributed by atoms with Gasteiger partial charge in [0.15, 0.2) is 0 Å². The highest BCUT2D eigenvalue weighted by Gasteiger charge is 2.32. The van der Waals surface area contributed by atoms with Crippen LogP contribution in [0.15, 0.2) is 18.3 Å². The number of hydrogen-bond acceptors (Lipinski definition) is 3. The maximum atomic E-state index is 12.6. The fourth-order valence-electron chi connectivity index (χ4n) is 1.86. The van der Waals surface area contributed by atoms with E-state index in [0.29, 0.717) is 12.4 Å². The van der Waals surface area contributed by atoms with Gasteiger partial charge < -0.3 is 10.2 Å². The van der Waals surface area contributed by atoms with Gasteiger partial charge in [0.05, 0.1) is 0 Å². The quantitative estimate of drug-likeness (QED) is 0.780. The summed E-state index contributed by atoms with van der Waals surface area (Å²) in [5.74, 6) is 0.369. The summed E-state index contributed by atoms with van der Waals surface area (Å²) in [4.78, 5) is 5.34. The molecule has 0 aliphatic heterocycles. The average molecular weight is 289 g/mol. The third-order valence-corrected chi connectivity index (χ3v) is 2.83. The predicted molar refractivity (Wildman–Crippen MR) is 74.8 cm³/mol. The van der Waals surface area contributed by atoms with Crippen LogP contribution in [0.5, 0.6) is 0 Å². The van der Waals surface area contributed by atoms with Gasteiger partial charge in [0.25, 0.3) is 0 Å². The third kappa shape index (κ3) is 5.77. The van der Waals surface area contributed by atoms with Crippen molar-refractivity contribution in [2.75, 3.05) is 18.0 Å². The highest BCUT2D eigenvalue weighted by atomic mass is 19.4. The summed E-state index contributed by atoms with van der Waals surface area (Å²) in [5.41, 5.74) is 0.941. The Balaban J connectivity index is 2.83. The maximum absolute atomic E-state index is 12.6. The molecule has 0 aliphatic rings. The van der Waals surface area contributed by atoms with Crippen LogP contribution in [0.25, 0.3) is 0 Å². The van der Waals surface area contributed by atoms with Crippen LogP contribution >= 0.6 is 0 Å². The lowest BCUT2D eigenvalue weighted by atomic mass is 10.2. The van der Waals surface area contributed by atoms with Crippen LogP contribution in [0.1, 0.15) is 32.8 Å². The fourth-order valence-corrected chi connectivity index (χ4v) is 1.86. The van der Waals surface area contributed by atoms with Crippen molar-refractivity contribution in [2.45, 2.75) is 46.0 Å². The fraction of sp³-hybridized carbons (Fsp3) is 0.643. The molecule has 1 aromatic heterocycles. The van der Waals surface area contributed by atoms with Gasteiger partial charge in [-0.05, 0) is 44.5 Å². The van der Waals surface area contributed by atoms with Gasteiger partial charge in [-0.15, -0.1) is 0 Å². The average Bonchev–Trinajstić information content (AvgIpc) is 2.35. The minimum Gasteiger partial charge on any atom is -0.345 e. The lowest BCUT2D eigenvalue weighted by Gasteiger charge is -2.29. The Labute approximate surface area is 118 Å². The van der Waals surface area contributed by atoms with Crippen LogP contribution in [-0.4, -0.2) is 30.3 Å². The lowest BCUT2D eigenvalue weighted by Crippen LogP contribution is -2.39. The summed E-state index contributed by atoms with van der Waals surface area (Å²) in [6.07, 6.45) is -1.66. The Morgan fingerprint density at radius 1 is 1.35 bits per heavy atom. The first-order chi connectivity index (χ1) is 9.33. The minimum atomic E-state index is -4.23. The van der Waals surface area contributed by atoms with Crippen molar-refractivity contribution in [3.63, 3.8) is 0 Å². The molecule has 0 fully saturated rings. The topological polar surface area (TPSA) is 28.2 Å². The van der Waals surface area contributed by atoms with Gasteiger partial charge in [-0.3, -0.25) is 0 Å². The second-order valence-electron chi connectivity index (χ2n) is 5.04. The summed E-state index contributed by atoms with van der Waals surface area (Å²) < 4.78 is 37.9. The van der Waals surface area contributed by atoms with E-state index in [9.17, 15) is 13.2 Å². The van der Waals surface area contributed by atoms with Crippen LogP contribution in [0.2, 0.25) is 0 Å². The number of halogens is 3. The molecular weight excluding hydrogens is 267 g/mol. The molecular formula is C14H22F3N3. The third-order valence-electron chi connectivity index (χ3n) is 2.83. The number of aromatic nitrogens is 1. The van der Waals surface area contributed by atoms with Crippen molar-refractivity contribution in [3.05, 3.63) is 23.9 Å². The SMILES string of the molecule is CCCNCc1ccnc(N(CC(F)(F)F)C(C)C)c1. The van der Waals surface area contributed by atoms with E-state index in [-0.39, 0.29) is 6.04 Å². The molecule has 20 heavy (non-hydrogen) atoms. The van der Waals surface area contributed by atoms with Gasteiger partial charge >= 0.3 is 6.18 Å². The largest absolute Gasteiger partial charge is 0.405 e. The van der Waals surface area contributed by atoms with Crippen molar-refractivity contribution < 1.29 is 13.2 Å². The van der Waals surface area contributed by atoms with Crippen molar-refractivity contribution in [3.8, 4) is 0 Å². The standard InChI is InChI=1S/C14H22F3N3/c1-4-6-18-9-12-5-7-19-13(8-12)20(11(2)3)10-14(15,16)17/h5,7-8,11,18H,4,6,9-10H2,1-3H3. The van der Waals surface area contributed by atoms with Gasteiger partial charge in [-0.25, -0.2) is 4.98 Å². The molecule has 1 aromatic rings. The molecule has 0 unspecified atom stereocenters. The first-order valence-electron chi connectivity index (χ1n) is 6.82. The Kier molecular flexibility index (Phi) is 6.26. The molecule has 0 aliphatic carbocycles. The molecule has 0 saturated carbocycles. The predicted octanol–water partition coefficient (Wildman–Crippen LogP) is 3.36. The van der Waals surface area contributed by atoms with E-state index in [1.165, 1.54) is 4.90 Å². The van der Waals surface area contributed by atoms with Crippen molar-refractivity contribution >= 4 is 5.82 Å². The molecule has 0 atom stereocenters. The Morgan fingerprint density at radius 3 is 2.60 bits per heavy atom. The van der Waals surface area contributed by atoms with E-state index in [1.54, 1.807) is 26.1 Å². The maximum Gasteiger partial charge on any atom is 0.405 e. The Hall–Kier alpha value is -1.30. The molecule has 0 amide bonds. The zero-order valence-electron chi connectivity index (χ0n) is 12.2. The molecule has 0 radical (unpaired) electrons. The van der Waals surface area contributed by atoms with E-state index in [1.807, 2.05) is 6.07 Å². The lowest BCUT2D eigenvalue weighted by molar-refractivity contribution is -0.120. The minimum absolute atomic E-state index is 0.261. The first-order valence-corrected chi connectivity index (χ1v) is 6.82. The number of nitrogens with one attached hydrogen (secondary N) is 1. The smallest absolute Gasteiger partial charge is 0.345 e. The highest BCUT2D eigenvalue weighted by molar-refractivity contribution is 5.42. The number of anilines is 1. The highest BCUT2D eigenvalue weighted by Crippen LogP contribution is 2.23. The van der Waals surface area contributed by atoms with Gasteiger partial charge in [-0.2, -0.15) is 13.2 Å². The van der Waals surface area contributed by atoms with Gasteiger partial charge in [0.1, 0.15) is 12.4 Å². The van der Waals surface area contributed by atoms with E-state index in [2.05, 4.69) is 17.2 Å². The van der Waals surface area contributed by atoms with Crippen LogP contribution < -0.4 is 10.2 Å². The molecule has 114 valence electrons. The summed E-state index contributed by atoms with van der Waals surface area (Å²) in [6.45, 7) is 6.07. The van der Waals surface area contributed by atoms with Gasteiger partial charge in [0.2, 0.25) is 0 Å². The molecule has 3 nitrogen and oxygen atoms in total. The molecule has 6 heteroatoms. The molecule has 0 aromatic carbocycles. The summed E-state index contributed by atoms with van der Waals surface area (Å²) in [6, 6.07) is 3.27. The molecule has 1 N–H and O–H groups in total. The molecule has 1 rings (SSSR count). The second kappa shape index (κ2) is 7.47. The Bertz CT molecular complexity index is 405. The summed E-state index contributed by atoms with van der Waals surface area (Å²) in [7, 11) is 0. The van der Waals surface area contributed by atoms with Crippen LogP contribution in [0.4, 0.5) is 19.0 Å². The number of hydrogen-bond donors (Lipinski definition) is 1. The van der Waals surface area contributed by atoms with Crippen molar-refractivity contribution in [1.82, 2.24) is 10.3 Å². The number of nitrogens with zero attached hydrogens (tertiary/aromatic N) is 2.